The van der Waals surface area contributed by atoms with Crippen LogP contribution in [0.5, 0.6) is 0 Å². The van der Waals surface area contributed by atoms with Crippen molar-refractivity contribution in [2.75, 3.05) is 0 Å². The maximum atomic E-state index is 13.9. The van der Waals surface area contributed by atoms with E-state index in [-0.39, 0.29) is 18.4 Å². The normalized spacial score (nSPS) is 20.0. The average Bonchev–Trinajstić information content (AvgIpc) is 3.41. The number of halogens is 3. The first-order chi connectivity index (χ1) is 18.7. The number of oxime groups is 1. The summed E-state index contributed by atoms with van der Waals surface area (Å²) in [6, 6.07) is 10.7. The second-order valence-corrected chi connectivity index (χ2v) is 10.9. The number of carboxylic acids is 1. The summed E-state index contributed by atoms with van der Waals surface area (Å²) in [6.07, 6.45) is 6.21. The van der Waals surface area contributed by atoms with Crippen molar-refractivity contribution in [3.63, 3.8) is 0 Å². The van der Waals surface area contributed by atoms with Crippen LogP contribution in [0.3, 0.4) is 0 Å². The number of rotatable bonds is 9. The molecule has 0 heterocycles. The van der Waals surface area contributed by atoms with Crippen LogP contribution in [0.25, 0.3) is 0 Å². The van der Waals surface area contributed by atoms with E-state index in [2.05, 4.69) is 30.3 Å². The molecule has 0 bridgehead atoms. The molecular weight excluding hydrogens is 503 g/mol. The van der Waals surface area contributed by atoms with Crippen LogP contribution in [0.15, 0.2) is 53.2 Å². The molecule has 1 unspecified atom stereocenters. The van der Waals surface area contributed by atoms with Gasteiger partial charge in [0.05, 0.1) is 17.2 Å². The number of carboxylic acid groups (broad SMARTS) is 1. The van der Waals surface area contributed by atoms with E-state index in [4.69, 9.17) is 4.84 Å². The number of hydrogen-bond acceptors (Lipinski definition) is 3. The molecule has 2 aliphatic carbocycles. The van der Waals surface area contributed by atoms with Gasteiger partial charge < -0.3 is 9.94 Å². The van der Waals surface area contributed by atoms with Gasteiger partial charge in [0, 0.05) is 0 Å². The van der Waals surface area contributed by atoms with Crippen LogP contribution in [-0.2, 0) is 35.3 Å². The van der Waals surface area contributed by atoms with Gasteiger partial charge in [0.15, 0.2) is 0 Å². The number of allylic oxidation sites excluding steroid dienone is 2. The number of aryl methyl sites for hydroxylation is 1. The Bertz CT molecular complexity index is 1230. The standard InChI is InChI=1S/C32H38F3NO3/c1-3-24-19-27(15-14-25(24)12-9-22-10-13-28(17-22)31(37)38)21(2)36-39-20-23-11-16-29(26-7-5-4-6-8-26)30(18-23)32(33,34)35/h9,11,14-16,18-19,26,28H,3-8,10,12-13,17,20H2,1-2H3,(H,37,38)/b22-9-,36-21+. The molecule has 210 valence electrons. The highest BCUT2D eigenvalue weighted by Crippen LogP contribution is 2.41. The van der Waals surface area contributed by atoms with Crippen molar-refractivity contribution in [1.29, 1.82) is 0 Å². The maximum Gasteiger partial charge on any atom is 0.416 e. The first-order valence-corrected chi connectivity index (χ1v) is 14.0. The molecule has 7 heteroatoms. The molecule has 0 amide bonds. The Balaban J connectivity index is 1.41. The lowest BCUT2D eigenvalue weighted by atomic mass is 9.81. The van der Waals surface area contributed by atoms with Gasteiger partial charge in [0.1, 0.15) is 6.61 Å². The molecule has 2 aromatic rings. The average molecular weight is 542 g/mol. The molecule has 2 aliphatic rings. The lowest BCUT2D eigenvalue weighted by Gasteiger charge is -2.25. The molecule has 1 atom stereocenters. The Hall–Kier alpha value is -3.09. The van der Waals surface area contributed by atoms with E-state index >= 15 is 0 Å². The Morgan fingerprint density at radius 1 is 1.08 bits per heavy atom. The van der Waals surface area contributed by atoms with Gasteiger partial charge in [-0.2, -0.15) is 13.2 Å². The topological polar surface area (TPSA) is 58.9 Å². The van der Waals surface area contributed by atoms with Gasteiger partial charge in [-0.15, -0.1) is 0 Å². The number of aliphatic carboxylic acids is 1. The largest absolute Gasteiger partial charge is 0.481 e. The van der Waals surface area contributed by atoms with E-state index < -0.39 is 17.7 Å². The van der Waals surface area contributed by atoms with Gasteiger partial charge in [0.25, 0.3) is 0 Å². The zero-order chi connectivity index (χ0) is 28.0. The van der Waals surface area contributed by atoms with E-state index in [1.807, 2.05) is 13.0 Å². The summed E-state index contributed by atoms with van der Waals surface area (Å²) in [4.78, 5) is 16.7. The van der Waals surface area contributed by atoms with E-state index in [1.165, 1.54) is 22.8 Å². The molecule has 2 fully saturated rings. The lowest BCUT2D eigenvalue weighted by molar-refractivity contribution is -0.141. The van der Waals surface area contributed by atoms with Crippen molar-refractivity contribution in [2.24, 2.45) is 11.1 Å². The first-order valence-electron chi connectivity index (χ1n) is 14.0. The van der Waals surface area contributed by atoms with Gasteiger partial charge in [-0.05, 0) is 97.7 Å². The van der Waals surface area contributed by atoms with Crippen LogP contribution in [0, 0.1) is 5.92 Å². The van der Waals surface area contributed by atoms with Crippen molar-refractivity contribution < 1.29 is 27.9 Å². The molecule has 0 radical (unpaired) electrons. The minimum atomic E-state index is -4.40. The fraction of sp³-hybridized carbons (Fsp3) is 0.500. The third kappa shape index (κ3) is 7.52. The molecule has 0 saturated heterocycles. The van der Waals surface area contributed by atoms with Gasteiger partial charge in [-0.1, -0.05) is 67.3 Å². The summed E-state index contributed by atoms with van der Waals surface area (Å²) in [7, 11) is 0. The molecule has 0 aliphatic heterocycles. The number of carbonyl (C=O) groups is 1. The number of nitrogens with zero attached hydrogens (tertiary/aromatic N) is 1. The number of alkyl halides is 3. The van der Waals surface area contributed by atoms with Crippen LogP contribution in [0.2, 0.25) is 0 Å². The number of benzene rings is 2. The van der Waals surface area contributed by atoms with E-state index in [0.717, 1.165) is 56.9 Å². The first kappa shape index (κ1) is 28.9. The van der Waals surface area contributed by atoms with Gasteiger partial charge in [-0.3, -0.25) is 4.79 Å². The molecule has 4 nitrogen and oxygen atoms in total. The summed E-state index contributed by atoms with van der Waals surface area (Å²) in [5.74, 6) is -1.01. The predicted molar refractivity (Wildman–Crippen MR) is 147 cm³/mol. The summed E-state index contributed by atoms with van der Waals surface area (Å²) < 4.78 is 41.6. The van der Waals surface area contributed by atoms with E-state index in [1.54, 1.807) is 12.1 Å². The SMILES string of the molecule is CCc1cc(/C(C)=N/OCc2ccc(C3CCCCC3)c(C(F)(F)F)c2)ccc1C/C=C1/CCC(C(=O)O)C1. The summed E-state index contributed by atoms with van der Waals surface area (Å²) >= 11 is 0. The minimum Gasteiger partial charge on any atom is -0.481 e. The molecule has 39 heavy (non-hydrogen) atoms. The molecule has 4 rings (SSSR count). The Morgan fingerprint density at radius 3 is 2.51 bits per heavy atom. The van der Waals surface area contributed by atoms with Crippen molar-refractivity contribution in [3.8, 4) is 0 Å². The fourth-order valence-electron chi connectivity index (χ4n) is 5.87. The smallest absolute Gasteiger partial charge is 0.416 e. The monoisotopic (exact) mass is 541 g/mol. The van der Waals surface area contributed by atoms with Crippen LogP contribution < -0.4 is 0 Å². The fourth-order valence-corrected chi connectivity index (χ4v) is 5.87. The van der Waals surface area contributed by atoms with Crippen LogP contribution in [0.1, 0.15) is 105 Å². The van der Waals surface area contributed by atoms with Crippen molar-refractivity contribution >= 4 is 11.7 Å². The molecule has 1 N–H and O–H groups in total. The highest BCUT2D eigenvalue weighted by molar-refractivity contribution is 5.98. The summed E-state index contributed by atoms with van der Waals surface area (Å²) in [5, 5.41) is 13.4. The van der Waals surface area contributed by atoms with Crippen molar-refractivity contribution in [2.45, 2.75) is 96.8 Å². The van der Waals surface area contributed by atoms with Gasteiger partial charge in [0.2, 0.25) is 0 Å². The number of hydrogen-bond donors (Lipinski definition) is 1. The van der Waals surface area contributed by atoms with E-state index in [0.29, 0.717) is 29.7 Å². The second-order valence-electron chi connectivity index (χ2n) is 10.9. The third-order valence-electron chi connectivity index (χ3n) is 8.19. The Morgan fingerprint density at radius 2 is 1.85 bits per heavy atom. The second kappa shape index (κ2) is 12.8. The van der Waals surface area contributed by atoms with Crippen molar-refractivity contribution in [1.82, 2.24) is 0 Å². The molecule has 2 aromatic carbocycles. The highest BCUT2D eigenvalue weighted by atomic mass is 19.4. The van der Waals surface area contributed by atoms with Crippen LogP contribution in [0.4, 0.5) is 13.2 Å². The zero-order valence-electron chi connectivity index (χ0n) is 22.8. The quantitative estimate of drug-likeness (QED) is 0.196. The minimum absolute atomic E-state index is 0.0302. The van der Waals surface area contributed by atoms with Crippen LogP contribution >= 0.6 is 0 Å². The predicted octanol–water partition coefficient (Wildman–Crippen LogP) is 8.61. The molecule has 0 spiro atoms. The third-order valence-corrected chi connectivity index (χ3v) is 8.19. The zero-order valence-corrected chi connectivity index (χ0v) is 22.8. The maximum absolute atomic E-state index is 13.9. The Kier molecular flexibility index (Phi) is 9.52. The molecule has 2 saturated carbocycles. The van der Waals surface area contributed by atoms with Crippen molar-refractivity contribution in [3.05, 3.63) is 81.4 Å². The lowest BCUT2D eigenvalue weighted by Crippen LogP contribution is -2.15. The molecular formula is C32H38F3NO3. The van der Waals surface area contributed by atoms with Gasteiger partial charge >= 0.3 is 12.1 Å². The summed E-state index contributed by atoms with van der Waals surface area (Å²) in [5.41, 5.74) is 5.45. The Labute approximate surface area is 229 Å². The van der Waals surface area contributed by atoms with Crippen LogP contribution in [-0.4, -0.2) is 16.8 Å². The summed E-state index contributed by atoms with van der Waals surface area (Å²) in [6.45, 7) is 3.88. The van der Waals surface area contributed by atoms with Gasteiger partial charge in [-0.25, -0.2) is 0 Å². The highest BCUT2D eigenvalue weighted by Gasteiger charge is 2.35. The molecule has 0 aromatic heterocycles. The van der Waals surface area contributed by atoms with E-state index in [9.17, 15) is 23.1 Å².